The van der Waals surface area contributed by atoms with E-state index in [1.54, 1.807) is 0 Å². The van der Waals surface area contributed by atoms with Gasteiger partial charge >= 0.3 is 0 Å². The lowest BCUT2D eigenvalue weighted by molar-refractivity contribution is 0.0904. The van der Waals surface area contributed by atoms with Crippen molar-refractivity contribution in [1.29, 1.82) is 0 Å². The number of anilines is 1. The van der Waals surface area contributed by atoms with Crippen LogP contribution in [0.5, 0.6) is 0 Å². The minimum atomic E-state index is 0.453. The summed E-state index contributed by atoms with van der Waals surface area (Å²) in [5.41, 5.74) is 7.67. The number of nitrogens with zero attached hydrogens (tertiary/aromatic N) is 3. The molecule has 6 nitrogen and oxygen atoms in total. The minimum absolute atomic E-state index is 0.453. The number of aromatic nitrogens is 3. The van der Waals surface area contributed by atoms with Crippen molar-refractivity contribution in [1.82, 2.24) is 14.8 Å². The standard InChI is InChI=1S/C20H29N5O/c21-8-2-3-15-11-18(12-15)25-14-16(13-22-25)19-4-1-5-20(24-19)23-17-6-9-26-10-7-17/h1,4-5,13-15,17-18H,2-3,6-12,21H2,(H,23,24). The molecule has 0 amide bonds. The van der Waals surface area contributed by atoms with Crippen LogP contribution in [-0.4, -0.2) is 40.6 Å². The molecule has 1 saturated heterocycles. The summed E-state index contributed by atoms with van der Waals surface area (Å²) in [4.78, 5) is 4.79. The van der Waals surface area contributed by atoms with Crippen molar-refractivity contribution in [3.05, 3.63) is 30.6 Å². The highest BCUT2D eigenvalue weighted by atomic mass is 16.5. The molecule has 1 saturated carbocycles. The van der Waals surface area contributed by atoms with Crippen LogP contribution in [0.3, 0.4) is 0 Å². The third-order valence-electron chi connectivity index (χ3n) is 5.62. The van der Waals surface area contributed by atoms with Crippen LogP contribution in [0.1, 0.15) is 44.6 Å². The second-order valence-electron chi connectivity index (χ2n) is 7.57. The van der Waals surface area contributed by atoms with E-state index in [1.807, 2.05) is 12.3 Å². The first-order valence-electron chi connectivity index (χ1n) is 9.88. The highest BCUT2D eigenvalue weighted by Crippen LogP contribution is 2.40. The molecular weight excluding hydrogens is 326 g/mol. The molecule has 0 radical (unpaired) electrons. The fourth-order valence-electron chi connectivity index (χ4n) is 3.96. The first-order chi connectivity index (χ1) is 12.8. The molecule has 2 fully saturated rings. The summed E-state index contributed by atoms with van der Waals surface area (Å²) in [6.45, 7) is 2.46. The minimum Gasteiger partial charge on any atom is -0.381 e. The van der Waals surface area contributed by atoms with Crippen LogP contribution < -0.4 is 11.1 Å². The van der Waals surface area contributed by atoms with Gasteiger partial charge in [-0.25, -0.2) is 4.98 Å². The second kappa shape index (κ2) is 8.18. The molecule has 1 aliphatic heterocycles. The average Bonchev–Trinajstić information content (AvgIpc) is 3.11. The molecule has 0 aromatic carbocycles. The molecule has 26 heavy (non-hydrogen) atoms. The van der Waals surface area contributed by atoms with E-state index in [0.29, 0.717) is 12.1 Å². The topological polar surface area (TPSA) is 78.0 Å². The predicted molar refractivity (Wildman–Crippen MR) is 103 cm³/mol. The number of nitrogens with two attached hydrogens (primary N) is 1. The van der Waals surface area contributed by atoms with Crippen LogP contribution in [0.4, 0.5) is 5.82 Å². The van der Waals surface area contributed by atoms with Crippen LogP contribution in [0.25, 0.3) is 11.3 Å². The Bertz CT molecular complexity index is 704. The highest BCUT2D eigenvalue weighted by Gasteiger charge is 2.30. The molecule has 4 rings (SSSR count). The first kappa shape index (κ1) is 17.5. The lowest BCUT2D eigenvalue weighted by atomic mass is 9.77. The summed E-state index contributed by atoms with van der Waals surface area (Å²) < 4.78 is 7.54. The summed E-state index contributed by atoms with van der Waals surface area (Å²) in [5, 5.41) is 8.13. The van der Waals surface area contributed by atoms with Gasteiger partial charge in [-0.05, 0) is 63.1 Å². The predicted octanol–water partition coefficient (Wildman–Crippen LogP) is 3.23. The van der Waals surface area contributed by atoms with Crippen LogP contribution in [0.15, 0.2) is 30.6 Å². The van der Waals surface area contributed by atoms with Gasteiger partial charge < -0.3 is 15.8 Å². The van der Waals surface area contributed by atoms with E-state index in [4.69, 9.17) is 15.5 Å². The van der Waals surface area contributed by atoms with Gasteiger partial charge in [0.2, 0.25) is 0 Å². The third kappa shape index (κ3) is 4.07. The fraction of sp³-hybridized carbons (Fsp3) is 0.600. The Kier molecular flexibility index (Phi) is 5.51. The number of rotatable bonds is 7. The van der Waals surface area contributed by atoms with Crippen LogP contribution in [-0.2, 0) is 4.74 Å². The summed E-state index contributed by atoms with van der Waals surface area (Å²) in [6.07, 6.45) is 11.0. The van der Waals surface area contributed by atoms with Gasteiger partial charge in [0.05, 0.1) is 17.9 Å². The average molecular weight is 355 g/mol. The molecule has 0 atom stereocenters. The molecular formula is C20H29N5O. The molecule has 1 aliphatic carbocycles. The Morgan fingerprint density at radius 2 is 2.08 bits per heavy atom. The molecule has 2 aromatic rings. The van der Waals surface area contributed by atoms with Crippen molar-refractivity contribution in [3.8, 4) is 11.3 Å². The quantitative estimate of drug-likeness (QED) is 0.797. The van der Waals surface area contributed by atoms with Crippen LogP contribution in [0.2, 0.25) is 0 Å². The van der Waals surface area contributed by atoms with Gasteiger partial charge in [0, 0.05) is 31.0 Å². The van der Waals surface area contributed by atoms with E-state index in [0.717, 1.165) is 62.0 Å². The van der Waals surface area contributed by atoms with Crippen molar-refractivity contribution in [2.75, 3.05) is 25.1 Å². The number of nitrogens with one attached hydrogen (secondary N) is 1. The van der Waals surface area contributed by atoms with Crippen LogP contribution in [0, 0.1) is 5.92 Å². The zero-order valence-corrected chi connectivity index (χ0v) is 15.3. The van der Waals surface area contributed by atoms with Gasteiger partial charge in [-0.3, -0.25) is 4.68 Å². The zero-order valence-electron chi connectivity index (χ0n) is 15.3. The highest BCUT2D eigenvalue weighted by molar-refractivity contribution is 5.59. The maximum Gasteiger partial charge on any atom is 0.126 e. The van der Waals surface area contributed by atoms with E-state index in [1.165, 1.54) is 19.3 Å². The van der Waals surface area contributed by atoms with Crippen molar-refractivity contribution in [2.24, 2.45) is 11.7 Å². The van der Waals surface area contributed by atoms with E-state index in [9.17, 15) is 0 Å². The van der Waals surface area contributed by atoms with Gasteiger partial charge in [-0.15, -0.1) is 0 Å². The molecule has 0 spiro atoms. The van der Waals surface area contributed by atoms with Crippen LogP contribution >= 0.6 is 0 Å². The van der Waals surface area contributed by atoms with E-state index < -0.39 is 0 Å². The first-order valence-corrected chi connectivity index (χ1v) is 9.88. The Hall–Kier alpha value is -1.92. The smallest absolute Gasteiger partial charge is 0.126 e. The summed E-state index contributed by atoms with van der Waals surface area (Å²) in [6, 6.07) is 7.15. The number of pyridine rings is 1. The summed E-state index contributed by atoms with van der Waals surface area (Å²) >= 11 is 0. The van der Waals surface area contributed by atoms with E-state index >= 15 is 0 Å². The Balaban J connectivity index is 1.37. The molecule has 0 unspecified atom stereocenters. The normalized spacial score (nSPS) is 23.6. The maximum absolute atomic E-state index is 5.60. The molecule has 3 heterocycles. The van der Waals surface area contributed by atoms with Crippen molar-refractivity contribution < 1.29 is 4.74 Å². The van der Waals surface area contributed by atoms with Gasteiger partial charge in [0.25, 0.3) is 0 Å². The second-order valence-corrected chi connectivity index (χ2v) is 7.57. The third-order valence-corrected chi connectivity index (χ3v) is 5.62. The molecule has 140 valence electrons. The monoisotopic (exact) mass is 355 g/mol. The van der Waals surface area contributed by atoms with Crippen molar-refractivity contribution in [3.63, 3.8) is 0 Å². The van der Waals surface area contributed by atoms with Gasteiger partial charge in [0.15, 0.2) is 0 Å². The largest absolute Gasteiger partial charge is 0.381 e. The zero-order chi connectivity index (χ0) is 17.8. The lowest BCUT2D eigenvalue weighted by Gasteiger charge is -2.35. The molecule has 0 bridgehead atoms. The summed E-state index contributed by atoms with van der Waals surface area (Å²) in [5.74, 6) is 1.76. The SMILES string of the molecule is NCCCC1CC(n2cc(-c3cccc(NC4CCOCC4)n3)cn2)C1. The van der Waals surface area contributed by atoms with Gasteiger partial charge in [-0.2, -0.15) is 5.10 Å². The molecule has 3 N–H and O–H groups in total. The lowest BCUT2D eigenvalue weighted by Crippen LogP contribution is -2.28. The maximum atomic E-state index is 5.60. The molecule has 2 aromatic heterocycles. The fourth-order valence-corrected chi connectivity index (χ4v) is 3.96. The van der Waals surface area contributed by atoms with Gasteiger partial charge in [0.1, 0.15) is 5.82 Å². The Labute approximate surface area is 155 Å². The Morgan fingerprint density at radius 3 is 2.88 bits per heavy atom. The molecule has 2 aliphatic rings. The van der Waals surface area contributed by atoms with Gasteiger partial charge in [-0.1, -0.05) is 6.07 Å². The molecule has 6 heteroatoms. The summed E-state index contributed by atoms with van der Waals surface area (Å²) in [7, 11) is 0. The van der Waals surface area contributed by atoms with Crippen molar-refractivity contribution >= 4 is 5.82 Å². The van der Waals surface area contributed by atoms with E-state index in [-0.39, 0.29) is 0 Å². The number of hydrogen-bond acceptors (Lipinski definition) is 5. The number of hydrogen-bond donors (Lipinski definition) is 2. The Morgan fingerprint density at radius 1 is 1.23 bits per heavy atom. The number of ether oxygens (including phenoxy) is 1. The van der Waals surface area contributed by atoms with Crippen molar-refractivity contribution in [2.45, 2.75) is 50.6 Å². The van der Waals surface area contributed by atoms with E-state index in [2.05, 4.69) is 33.4 Å².